The topological polar surface area (TPSA) is 91.0 Å². The van der Waals surface area contributed by atoms with E-state index in [-0.39, 0.29) is 0 Å². The number of nitrogens with zero attached hydrogens (tertiary/aromatic N) is 4. The number of benzene rings is 1. The highest BCUT2D eigenvalue weighted by Crippen LogP contribution is 2.32. The van der Waals surface area contributed by atoms with Crippen LogP contribution in [0.4, 0.5) is 8.78 Å². The van der Waals surface area contributed by atoms with Gasteiger partial charge < -0.3 is 14.8 Å². The largest absolute Gasteiger partial charge is 0.351 e. The van der Waals surface area contributed by atoms with Crippen LogP contribution in [0.15, 0.2) is 48.9 Å². The second-order valence-corrected chi connectivity index (χ2v) is 7.50. The summed E-state index contributed by atoms with van der Waals surface area (Å²) < 4.78 is 29.1. The van der Waals surface area contributed by atoms with Crippen LogP contribution < -0.4 is 5.32 Å². The Kier molecular flexibility index (Phi) is 5.15. The van der Waals surface area contributed by atoms with Crippen molar-refractivity contribution in [3.63, 3.8) is 0 Å². The Morgan fingerprint density at radius 2 is 2.10 bits per heavy atom. The molecule has 1 N–H and O–H groups in total. The normalized spacial score (nSPS) is 17.5. The van der Waals surface area contributed by atoms with Crippen LogP contribution in [0.25, 0.3) is 22.0 Å². The molecule has 2 aromatic heterocycles. The third kappa shape index (κ3) is 3.84. The van der Waals surface area contributed by atoms with E-state index in [0.29, 0.717) is 11.1 Å². The molecule has 1 fully saturated rings. The molecule has 158 valence electrons. The smallest absolute Gasteiger partial charge is 0.268 e. The average molecular weight is 423 g/mol. The van der Waals surface area contributed by atoms with Gasteiger partial charge in [-0.3, -0.25) is 14.6 Å². The number of nitriles is 1. The quantitative estimate of drug-likeness (QED) is 0.699. The first-order chi connectivity index (χ1) is 14.8. The van der Waals surface area contributed by atoms with Gasteiger partial charge in [0, 0.05) is 48.5 Å². The number of pyridine rings is 1. The van der Waals surface area contributed by atoms with E-state index in [4.69, 9.17) is 5.26 Å². The number of hydrogen-bond donors (Lipinski definition) is 1. The fourth-order valence-electron chi connectivity index (χ4n) is 3.89. The van der Waals surface area contributed by atoms with Crippen molar-refractivity contribution in [1.82, 2.24) is 19.8 Å². The van der Waals surface area contributed by atoms with Crippen molar-refractivity contribution < 1.29 is 18.4 Å². The molecule has 31 heavy (non-hydrogen) atoms. The van der Waals surface area contributed by atoms with Crippen LogP contribution in [0.3, 0.4) is 0 Å². The fraction of sp³-hybridized carbons (Fsp3) is 0.273. The minimum absolute atomic E-state index is 0.308. The van der Waals surface area contributed by atoms with Crippen molar-refractivity contribution in [2.45, 2.75) is 18.4 Å². The first-order valence-corrected chi connectivity index (χ1v) is 9.64. The van der Waals surface area contributed by atoms with Crippen molar-refractivity contribution in [3.05, 3.63) is 54.5 Å². The molecule has 9 heteroatoms. The lowest BCUT2D eigenvalue weighted by Crippen LogP contribution is -2.43. The minimum atomic E-state index is -3.10. The lowest BCUT2D eigenvalue weighted by atomic mass is 9.98. The average Bonchev–Trinajstić information content (AvgIpc) is 3.30. The summed E-state index contributed by atoms with van der Waals surface area (Å²) in [7, 11) is 1.92. The van der Waals surface area contributed by atoms with E-state index in [1.807, 2.05) is 42.1 Å². The maximum absolute atomic E-state index is 13.6. The highest BCUT2D eigenvalue weighted by Gasteiger charge is 2.47. The third-order valence-electron chi connectivity index (χ3n) is 5.42. The van der Waals surface area contributed by atoms with Crippen molar-refractivity contribution >= 4 is 22.7 Å². The van der Waals surface area contributed by atoms with Crippen molar-refractivity contribution in [1.29, 1.82) is 5.26 Å². The van der Waals surface area contributed by atoms with Gasteiger partial charge in [-0.15, -0.1) is 0 Å². The molecular formula is C22H19F2N5O2. The summed E-state index contributed by atoms with van der Waals surface area (Å²) in [6.45, 7) is -1.30. The number of carbonyl (C=O) groups excluding carboxylic acids is 2. The van der Waals surface area contributed by atoms with Crippen LogP contribution in [0, 0.1) is 11.3 Å². The van der Waals surface area contributed by atoms with Crippen LogP contribution in [-0.4, -0.2) is 51.3 Å². The molecular weight excluding hydrogens is 404 g/mol. The number of aryl methyl sites for hydroxylation is 1. The zero-order valence-electron chi connectivity index (χ0n) is 16.7. The molecule has 3 aromatic rings. The number of nitrogens with one attached hydrogen (secondary N) is 1. The second kappa shape index (κ2) is 7.80. The minimum Gasteiger partial charge on any atom is -0.351 e. The monoisotopic (exact) mass is 423 g/mol. The number of fused-ring (bicyclic) bond motifs is 1. The van der Waals surface area contributed by atoms with E-state index in [0.717, 1.165) is 21.4 Å². The molecule has 4 rings (SSSR count). The summed E-state index contributed by atoms with van der Waals surface area (Å²) >= 11 is 0. The summed E-state index contributed by atoms with van der Waals surface area (Å²) in [5, 5.41) is 12.5. The van der Waals surface area contributed by atoms with Crippen molar-refractivity contribution in [2.75, 3.05) is 13.1 Å². The molecule has 1 aromatic carbocycles. The van der Waals surface area contributed by atoms with E-state index in [9.17, 15) is 18.4 Å². The summed E-state index contributed by atoms with van der Waals surface area (Å²) in [5.74, 6) is -4.36. The molecule has 1 aliphatic heterocycles. The predicted molar refractivity (Wildman–Crippen MR) is 109 cm³/mol. The molecule has 0 saturated carbocycles. The number of carbonyl (C=O) groups is 2. The maximum atomic E-state index is 13.6. The standard InChI is InChI=1S/C22H19F2N5O2/c1-28-8-6-16-15(3-2-4-19(16)28)18-11-26-7-5-17(18)21(31)27-12-20(30)29-13-22(23,24)9-14(29)10-25/h2-8,11,14H,9,12-13H2,1H3,(H,27,31)/t14-/m0/s1. The molecule has 0 spiro atoms. The van der Waals surface area contributed by atoms with Gasteiger partial charge >= 0.3 is 0 Å². The van der Waals surface area contributed by atoms with Crippen LogP contribution in [0.1, 0.15) is 16.8 Å². The molecule has 3 heterocycles. The Bertz CT molecular complexity index is 1210. The lowest BCUT2D eigenvalue weighted by molar-refractivity contribution is -0.131. The summed E-state index contributed by atoms with van der Waals surface area (Å²) in [6.07, 6.45) is 4.27. The molecule has 1 atom stereocenters. The van der Waals surface area contributed by atoms with Crippen molar-refractivity contribution in [2.24, 2.45) is 7.05 Å². The van der Waals surface area contributed by atoms with Gasteiger partial charge in [0.25, 0.3) is 11.8 Å². The van der Waals surface area contributed by atoms with Gasteiger partial charge in [-0.25, -0.2) is 8.78 Å². The van der Waals surface area contributed by atoms with Crippen LogP contribution >= 0.6 is 0 Å². The lowest BCUT2D eigenvalue weighted by Gasteiger charge is -2.19. The zero-order valence-corrected chi connectivity index (χ0v) is 16.7. The van der Waals surface area contributed by atoms with Gasteiger partial charge in [0.1, 0.15) is 6.04 Å². The van der Waals surface area contributed by atoms with Gasteiger partial charge in [-0.2, -0.15) is 5.26 Å². The van der Waals surface area contributed by atoms with Gasteiger partial charge in [0.05, 0.1) is 24.7 Å². The fourth-order valence-corrected chi connectivity index (χ4v) is 3.89. The van der Waals surface area contributed by atoms with Crippen LogP contribution in [0.2, 0.25) is 0 Å². The molecule has 0 aliphatic carbocycles. The summed E-state index contributed by atoms with van der Waals surface area (Å²) in [6, 6.07) is 9.73. The highest BCUT2D eigenvalue weighted by molar-refractivity contribution is 6.06. The molecule has 0 unspecified atom stereocenters. The van der Waals surface area contributed by atoms with Gasteiger partial charge in [-0.1, -0.05) is 12.1 Å². The number of amides is 2. The molecule has 7 nitrogen and oxygen atoms in total. The number of halogens is 2. The second-order valence-electron chi connectivity index (χ2n) is 7.50. The molecule has 2 amide bonds. The van der Waals surface area contributed by atoms with E-state index >= 15 is 0 Å². The van der Waals surface area contributed by atoms with Crippen LogP contribution in [0.5, 0.6) is 0 Å². The number of aromatic nitrogens is 2. The third-order valence-corrected chi connectivity index (χ3v) is 5.42. The number of alkyl halides is 2. The number of hydrogen-bond acceptors (Lipinski definition) is 4. The Balaban J connectivity index is 1.56. The van der Waals surface area contributed by atoms with E-state index < -0.39 is 43.3 Å². The first-order valence-electron chi connectivity index (χ1n) is 9.64. The Labute approximate surface area is 176 Å². The molecule has 0 bridgehead atoms. The van der Waals surface area contributed by atoms with Gasteiger partial charge in [0.2, 0.25) is 5.91 Å². The van der Waals surface area contributed by atoms with Crippen molar-refractivity contribution in [3.8, 4) is 17.2 Å². The zero-order chi connectivity index (χ0) is 22.2. The molecule has 0 radical (unpaired) electrons. The number of rotatable bonds is 4. The Morgan fingerprint density at radius 3 is 2.87 bits per heavy atom. The SMILES string of the molecule is Cn1ccc2c(-c3cnccc3C(=O)NCC(=O)N3CC(F)(F)C[C@H]3C#N)cccc21. The predicted octanol–water partition coefficient (Wildman–Crippen LogP) is 2.73. The number of likely N-dealkylation sites (tertiary alicyclic amines) is 1. The highest BCUT2D eigenvalue weighted by atomic mass is 19.3. The van der Waals surface area contributed by atoms with E-state index in [2.05, 4.69) is 10.3 Å². The summed E-state index contributed by atoms with van der Waals surface area (Å²) in [5.41, 5.74) is 2.70. The summed E-state index contributed by atoms with van der Waals surface area (Å²) in [4.78, 5) is 30.2. The Morgan fingerprint density at radius 1 is 1.29 bits per heavy atom. The molecule has 1 aliphatic rings. The first kappa shape index (κ1) is 20.5. The Hall–Kier alpha value is -3.80. The van der Waals surface area contributed by atoms with E-state index in [1.54, 1.807) is 18.3 Å². The van der Waals surface area contributed by atoms with Gasteiger partial charge in [-0.05, 0) is 23.8 Å². The van der Waals surface area contributed by atoms with Crippen LogP contribution in [-0.2, 0) is 11.8 Å². The van der Waals surface area contributed by atoms with E-state index in [1.165, 1.54) is 6.20 Å². The maximum Gasteiger partial charge on any atom is 0.268 e. The van der Waals surface area contributed by atoms with Gasteiger partial charge in [0.15, 0.2) is 0 Å². The molecule has 1 saturated heterocycles.